The van der Waals surface area contributed by atoms with Crippen molar-refractivity contribution in [1.82, 2.24) is 19.9 Å². The summed E-state index contributed by atoms with van der Waals surface area (Å²) in [4.78, 5) is 20.1. The first-order chi connectivity index (χ1) is 15.4. The third-order valence-electron chi connectivity index (χ3n) is 5.81. The molecule has 166 valence electrons. The van der Waals surface area contributed by atoms with Crippen LogP contribution in [0.15, 0.2) is 29.7 Å². The predicted molar refractivity (Wildman–Crippen MR) is 133 cm³/mol. The number of ether oxygens (including phenoxy) is 1. The lowest BCUT2D eigenvalue weighted by Gasteiger charge is -2.33. The molecule has 4 aromatic heterocycles. The summed E-state index contributed by atoms with van der Waals surface area (Å²) in [6.45, 7) is 9.99. The van der Waals surface area contributed by atoms with Gasteiger partial charge in [-0.3, -0.25) is 4.98 Å². The SMILES string of the molecule is CSc1nc(NCc2cccnc2)c2sc3nc(C(C)C)c4c(c3c2n1)CC(C)(C)OC4. The number of nitrogens with zero attached hydrogens (tertiary/aromatic N) is 4. The van der Waals surface area contributed by atoms with E-state index in [9.17, 15) is 0 Å². The van der Waals surface area contributed by atoms with Gasteiger partial charge in [0.15, 0.2) is 5.16 Å². The first-order valence-corrected chi connectivity index (χ1v) is 12.9. The van der Waals surface area contributed by atoms with Gasteiger partial charge in [0.2, 0.25) is 0 Å². The van der Waals surface area contributed by atoms with Gasteiger partial charge in [0.05, 0.1) is 28.1 Å². The molecule has 1 aliphatic heterocycles. The van der Waals surface area contributed by atoms with Crippen molar-refractivity contribution < 1.29 is 4.74 Å². The maximum Gasteiger partial charge on any atom is 0.189 e. The number of thiophene rings is 1. The van der Waals surface area contributed by atoms with Gasteiger partial charge in [0.1, 0.15) is 10.6 Å². The lowest BCUT2D eigenvalue weighted by molar-refractivity contribution is -0.0402. The van der Waals surface area contributed by atoms with Crippen molar-refractivity contribution in [2.45, 2.75) is 63.9 Å². The van der Waals surface area contributed by atoms with Crippen LogP contribution in [0.5, 0.6) is 0 Å². The third-order valence-corrected chi connectivity index (χ3v) is 7.44. The van der Waals surface area contributed by atoms with Gasteiger partial charge in [-0.15, -0.1) is 11.3 Å². The van der Waals surface area contributed by atoms with E-state index < -0.39 is 0 Å². The van der Waals surface area contributed by atoms with E-state index in [4.69, 9.17) is 19.7 Å². The van der Waals surface area contributed by atoms with Gasteiger partial charge in [-0.2, -0.15) is 0 Å². The van der Waals surface area contributed by atoms with Gasteiger partial charge < -0.3 is 10.1 Å². The molecule has 0 fully saturated rings. The maximum absolute atomic E-state index is 6.18. The van der Waals surface area contributed by atoms with Crippen LogP contribution in [-0.2, 0) is 24.3 Å². The standard InChI is InChI=1S/C24H27N5OS2/c1-13(2)18-16-12-30-24(3,4)9-15(16)17-19-20(32-22(17)27-18)21(29-23(28-19)31-5)26-11-14-7-6-8-25-10-14/h6-8,10,13H,9,11-12H2,1-5H3,(H,26,28,29). The first kappa shape index (κ1) is 21.6. The lowest BCUT2D eigenvalue weighted by Crippen LogP contribution is -2.32. The number of nitrogens with one attached hydrogen (secondary N) is 1. The Hall–Kier alpha value is -2.29. The van der Waals surface area contributed by atoms with Crippen LogP contribution in [-0.4, -0.2) is 31.8 Å². The van der Waals surface area contributed by atoms with Crippen LogP contribution < -0.4 is 5.32 Å². The molecular formula is C24H27N5OS2. The smallest absolute Gasteiger partial charge is 0.189 e. The molecule has 0 radical (unpaired) electrons. The number of pyridine rings is 2. The maximum atomic E-state index is 6.18. The highest BCUT2D eigenvalue weighted by atomic mass is 32.2. The quantitative estimate of drug-likeness (QED) is 0.289. The molecule has 8 heteroatoms. The van der Waals surface area contributed by atoms with Crippen molar-refractivity contribution in [1.29, 1.82) is 0 Å². The molecule has 1 N–H and O–H groups in total. The van der Waals surface area contributed by atoms with Crippen molar-refractivity contribution in [2.75, 3.05) is 11.6 Å². The molecule has 0 aliphatic carbocycles. The summed E-state index contributed by atoms with van der Waals surface area (Å²) in [6, 6.07) is 4.01. The van der Waals surface area contributed by atoms with Gasteiger partial charge in [0.25, 0.3) is 0 Å². The Bertz CT molecular complexity index is 1300. The van der Waals surface area contributed by atoms with E-state index >= 15 is 0 Å². The van der Waals surface area contributed by atoms with E-state index in [2.05, 4.69) is 44.1 Å². The van der Waals surface area contributed by atoms with Crippen molar-refractivity contribution in [3.63, 3.8) is 0 Å². The summed E-state index contributed by atoms with van der Waals surface area (Å²) in [6.07, 6.45) is 6.53. The molecule has 0 saturated heterocycles. The van der Waals surface area contributed by atoms with Crippen LogP contribution >= 0.6 is 23.1 Å². The van der Waals surface area contributed by atoms with Crippen molar-refractivity contribution in [3.8, 4) is 0 Å². The van der Waals surface area contributed by atoms with Gasteiger partial charge in [-0.1, -0.05) is 31.7 Å². The second-order valence-electron chi connectivity index (χ2n) is 9.07. The Kier molecular flexibility index (Phi) is 5.55. The number of thioether (sulfide) groups is 1. The Morgan fingerprint density at radius 2 is 2.06 bits per heavy atom. The van der Waals surface area contributed by atoms with E-state index in [-0.39, 0.29) is 5.60 Å². The van der Waals surface area contributed by atoms with E-state index in [1.54, 1.807) is 29.3 Å². The summed E-state index contributed by atoms with van der Waals surface area (Å²) in [5.41, 5.74) is 5.61. The molecule has 0 saturated carbocycles. The highest BCUT2D eigenvalue weighted by molar-refractivity contribution is 7.98. The Balaban J connectivity index is 1.73. The molecule has 0 atom stereocenters. The van der Waals surface area contributed by atoms with Gasteiger partial charge in [-0.25, -0.2) is 15.0 Å². The minimum absolute atomic E-state index is 0.208. The molecule has 0 spiro atoms. The summed E-state index contributed by atoms with van der Waals surface area (Å²) in [5.74, 6) is 1.19. The highest BCUT2D eigenvalue weighted by Gasteiger charge is 2.32. The van der Waals surface area contributed by atoms with E-state index in [0.717, 1.165) is 43.7 Å². The van der Waals surface area contributed by atoms with Gasteiger partial charge >= 0.3 is 0 Å². The van der Waals surface area contributed by atoms with Crippen molar-refractivity contribution in [3.05, 3.63) is 46.9 Å². The third kappa shape index (κ3) is 3.84. The fraction of sp³-hybridized carbons (Fsp3) is 0.417. The second-order valence-corrected chi connectivity index (χ2v) is 10.8. The summed E-state index contributed by atoms with van der Waals surface area (Å²) < 4.78 is 7.24. The van der Waals surface area contributed by atoms with Crippen LogP contribution in [0.1, 0.15) is 56.0 Å². The minimum atomic E-state index is -0.208. The Labute approximate surface area is 196 Å². The van der Waals surface area contributed by atoms with Gasteiger partial charge in [0, 0.05) is 36.3 Å². The molecular weight excluding hydrogens is 438 g/mol. The first-order valence-electron chi connectivity index (χ1n) is 10.8. The highest BCUT2D eigenvalue weighted by Crippen LogP contribution is 2.43. The fourth-order valence-electron chi connectivity index (χ4n) is 4.26. The van der Waals surface area contributed by atoms with Crippen LogP contribution in [0.2, 0.25) is 0 Å². The average molecular weight is 466 g/mol. The zero-order valence-electron chi connectivity index (χ0n) is 19.0. The zero-order valence-corrected chi connectivity index (χ0v) is 20.7. The number of fused-ring (bicyclic) bond motifs is 5. The summed E-state index contributed by atoms with van der Waals surface area (Å²) >= 11 is 3.24. The number of aromatic nitrogens is 4. The number of rotatable bonds is 5. The topological polar surface area (TPSA) is 72.8 Å². The zero-order chi connectivity index (χ0) is 22.5. The number of hydrogen-bond donors (Lipinski definition) is 1. The minimum Gasteiger partial charge on any atom is -0.370 e. The monoisotopic (exact) mass is 465 g/mol. The number of anilines is 1. The predicted octanol–water partition coefficient (Wildman–Crippen LogP) is 5.94. The van der Waals surface area contributed by atoms with Gasteiger partial charge in [-0.05, 0) is 43.2 Å². The molecule has 0 bridgehead atoms. The molecule has 0 aromatic carbocycles. The van der Waals surface area contributed by atoms with Crippen LogP contribution in [0, 0.1) is 0 Å². The molecule has 5 rings (SSSR count). The largest absolute Gasteiger partial charge is 0.370 e. The average Bonchev–Trinajstić information content (AvgIpc) is 3.15. The van der Waals surface area contributed by atoms with Crippen molar-refractivity contribution >= 4 is 49.3 Å². The Morgan fingerprint density at radius 3 is 2.78 bits per heavy atom. The van der Waals surface area contributed by atoms with Crippen LogP contribution in [0.4, 0.5) is 5.82 Å². The van der Waals surface area contributed by atoms with E-state index in [1.165, 1.54) is 16.5 Å². The number of hydrogen-bond acceptors (Lipinski definition) is 8. The molecule has 6 nitrogen and oxygen atoms in total. The molecule has 1 aliphatic rings. The second kappa shape index (κ2) is 8.24. The Morgan fingerprint density at radius 1 is 1.22 bits per heavy atom. The van der Waals surface area contributed by atoms with Crippen LogP contribution in [0.3, 0.4) is 0 Å². The molecule has 0 amide bonds. The normalized spacial score (nSPS) is 15.4. The molecule has 4 aromatic rings. The van der Waals surface area contributed by atoms with E-state index in [1.807, 2.05) is 18.5 Å². The lowest BCUT2D eigenvalue weighted by atomic mass is 9.87. The summed E-state index contributed by atoms with van der Waals surface area (Å²) in [7, 11) is 0. The summed E-state index contributed by atoms with van der Waals surface area (Å²) in [5, 5.41) is 5.46. The van der Waals surface area contributed by atoms with E-state index in [0.29, 0.717) is 19.1 Å². The molecule has 0 unspecified atom stereocenters. The van der Waals surface area contributed by atoms with Crippen molar-refractivity contribution in [2.24, 2.45) is 0 Å². The molecule has 5 heterocycles. The van der Waals surface area contributed by atoms with Crippen LogP contribution in [0.25, 0.3) is 20.4 Å². The fourth-order valence-corrected chi connectivity index (χ4v) is 5.74. The molecule has 32 heavy (non-hydrogen) atoms.